The molecule has 1 atom stereocenters. The normalized spacial score (nSPS) is 19.5. The molecular weight excluding hydrogens is 749 g/mol. The molecule has 3 aliphatic heterocycles. The van der Waals surface area contributed by atoms with Gasteiger partial charge in [-0.2, -0.15) is 10.0 Å². The summed E-state index contributed by atoms with van der Waals surface area (Å²) >= 11 is 0. The van der Waals surface area contributed by atoms with Crippen LogP contribution in [0.15, 0.2) is 196 Å². The van der Waals surface area contributed by atoms with Gasteiger partial charge in [-0.25, -0.2) is 0 Å². The summed E-state index contributed by atoms with van der Waals surface area (Å²) in [5.41, 5.74) is 13.5. The minimum Gasteiger partial charge on any atom is -0.453 e. The molecule has 0 bridgehead atoms. The molecule has 306 valence electrons. The van der Waals surface area contributed by atoms with E-state index in [1.807, 2.05) is 52.0 Å². The van der Waals surface area contributed by atoms with Crippen molar-refractivity contribution in [2.75, 3.05) is 21.3 Å². The number of allylic oxidation sites excluding steroid dienone is 10. The van der Waals surface area contributed by atoms with Crippen LogP contribution in [0.25, 0.3) is 6.08 Å². The van der Waals surface area contributed by atoms with Crippen LogP contribution in [0.1, 0.15) is 73.3 Å². The molecule has 2 aliphatic carbocycles. The minimum atomic E-state index is -0.989. The highest BCUT2D eigenvalue weighted by Gasteiger charge is 2.42. The van der Waals surface area contributed by atoms with Crippen molar-refractivity contribution in [2.24, 2.45) is 11.3 Å². The van der Waals surface area contributed by atoms with Crippen molar-refractivity contribution in [2.45, 2.75) is 77.5 Å². The Morgan fingerprint density at radius 3 is 1.82 bits per heavy atom. The average Bonchev–Trinajstić information content (AvgIpc) is 3.87. The summed E-state index contributed by atoms with van der Waals surface area (Å²) < 4.78 is 6.31. The maximum Gasteiger partial charge on any atom is 0.151 e. The van der Waals surface area contributed by atoms with Crippen molar-refractivity contribution in [1.82, 2.24) is 0 Å². The lowest BCUT2D eigenvalue weighted by Gasteiger charge is -2.47. The molecule has 3 nitrogen and oxygen atoms in total. The summed E-state index contributed by atoms with van der Waals surface area (Å²) in [6, 6.07) is 44.2. The molecule has 0 N–H and O–H groups in total. The number of hydrogen-bond acceptors (Lipinski definition) is 3. The van der Waals surface area contributed by atoms with Gasteiger partial charge in [0.05, 0.1) is 22.7 Å². The van der Waals surface area contributed by atoms with E-state index in [1.165, 1.54) is 69.3 Å². The lowest BCUT2D eigenvalue weighted by atomic mass is 9.77. The first kappa shape index (κ1) is 41.0. The van der Waals surface area contributed by atoms with Gasteiger partial charge in [-0.05, 0) is 138 Å². The largest absolute Gasteiger partial charge is 0.453 e. The summed E-state index contributed by atoms with van der Waals surface area (Å²) in [4.78, 5) is 7.96. The third-order valence-corrected chi connectivity index (χ3v) is 16.9. The Labute approximate surface area is 361 Å². The number of rotatable bonds is 6. The molecule has 1 spiro atoms. The Hall–Kier alpha value is -5.71. The van der Waals surface area contributed by atoms with Gasteiger partial charge < -0.3 is 14.5 Å². The topological polar surface area (TPSA) is 15.7 Å². The molecule has 5 aliphatic rings. The molecule has 5 aromatic rings. The van der Waals surface area contributed by atoms with E-state index in [-0.39, 0.29) is 5.41 Å². The summed E-state index contributed by atoms with van der Waals surface area (Å²) in [5, 5.41) is 0. The summed E-state index contributed by atoms with van der Waals surface area (Å²) in [5.74, 6) is 4.67. The van der Waals surface area contributed by atoms with Crippen molar-refractivity contribution in [3.8, 4) is 11.5 Å². The smallest absolute Gasteiger partial charge is 0.151 e. The first-order valence-electron chi connectivity index (χ1n) is 22.1. The van der Waals surface area contributed by atoms with Crippen molar-refractivity contribution in [3.63, 3.8) is 0 Å². The Morgan fingerprint density at radius 2 is 1.25 bits per heavy atom. The van der Waals surface area contributed by atoms with E-state index >= 15 is 0 Å². The van der Waals surface area contributed by atoms with Gasteiger partial charge in [0.2, 0.25) is 0 Å². The fraction of sp³-hybridized carbons (Fsp3) is 0.250. The van der Waals surface area contributed by atoms with Crippen LogP contribution in [0.3, 0.4) is 0 Å². The van der Waals surface area contributed by atoms with Gasteiger partial charge in [0, 0.05) is 26.6 Å². The third-order valence-electron chi connectivity index (χ3n) is 12.5. The van der Waals surface area contributed by atoms with Crippen molar-refractivity contribution in [1.29, 1.82) is 0 Å². The molecule has 0 amide bonds. The number of para-hydroxylation sites is 6. The van der Waals surface area contributed by atoms with Gasteiger partial charge in [-0.3, -0.25) is 0 Å². The first-order chi connectivity index (χ1) is 29.4. The molecule has 5 aromatic carbocycles. The molecule has 1 unspecified atom stereocenters. The highest BCUT2D eigenvalue weighted by atomic mass is 32.3. The van der Waals surface area contributed by atoms with Crippen LogP contribution >= 0.6 is 10.0 Å². The second-order valence-electron chi connectivity index (χ2n) is 16.1. The standard InChI is InChI=1S/C52H48N2OS.2C2H6/c1-5-40-41-31-28-38(35-43(41)52(3,4)42(40)34-36(2)53-44-16-6-10-20-48(44)55-49-21-11-7-17-45(49)53)25-24-37-26-29-39(30-27-37)54-46-18-8-12-22-50(46)56(32-14-15-33-56)51-23-13-9-19-47(51)54;2*1-2/h5-13,16-27,29-31,34-35,38H,1,14-15,28,32-33H2,2-4H3;2*1-2H3/b25-24+,36-34+;;. The zero-order valence-electron chi connectivity index (χ0n) is 36.5. The quantitative estimate of drug-likeness (QED) is 0.170. The molecule has 1 saturated heterocycles. The van der Waals surface area contributed by atoms with Crippen molar-refractivity contribution < 1.29 is 4.74 Å². The Morgan fingerprint density at radius 1 is 0.717 bits per heavy atom. The van der Waals surface area contributed by atoms with Gasteiger partial charge >= 0.3 is 0 Å². The summed E-state index contributed by atoms with van der Waals surface area (Å²) in [7, 11) is -0.989. The molecule has 10 rings (SSSR count). The lowest BCUT2D eigenvalue weighted by molar-refractivity contribution is 0.475. The van der Waals surface area contributed by atoms with Gasteiger partial charge in [-0.15, -0.1) is 0 Å². The van der Waals surface area contributed by atoms with Crippen LogP contribution in [0.5, 0.6) is 11.5 Å². The van der Waals surface area contributed by atoms with E-state index < -0.39 is 10.0 Å². The highest BCUT2D eigenvalue weighted by molar-refractivity contribution is 8.34. The molecule has 0 aromatic heterocycles. The second-order valence-corrected chi connectivity index (χ2v) is 19.6. The van der Waals surface area contributed by atoms with E-state index in [0.717, 1.165) is 35.0 Å². The van der Waals surface area contributed by atoms with Gasteiger partial charge in [0.25, 0.3) is 0 Å². The lowest BCUT2D eigenvalue weighted by Crippen LogP contribution is -2.21. The molecule has 0 radical (unpaired) electrons. The van der Waals surface area contributed by atoms with Crippen LogP contribution in [0, 0.1) is 11.3 Å². The fourth-order valence-electron chi connectivity index (χ4n) is 9.81. The second kappa shape index (κ2) is 17.1. The molecule has 0 saturated carbocycles. The van der Waals surface area contributed by atoms with E-state index in [1.54, 1.807) is 9.79 Å². The molecule has 4 heteroatoms. The van der Waals surface area contributed by atoms with Gasteiger partial charge in [-0.1, -0.05) is 139 Å². The molecular formula is C56H60N2OS. The Kier molecular flexibility index (Phi) is 11.7. The van der Waals surface area contributed by atoms with E-state index in [2.05, 4.69) is 171 Å². The Balaban J connectivity index is 0.00000121. The number of nitrogens with zero attached hydrogens (tertiary/aromatic N) is 2. The monoisotopic (exact) mass is 808 g/mol. The van der Waals surface area contributed by atoms with E-state index in [0.29, 0.717) is 5.92 Å². The van der Waals surface area contributed by atoms with E-state index in [4.69, 9.17) is 4.74 Å². The predicted octanol–water partition coefficient (Wildman–Crippen LogP) is 16.8. The van der Waals surface area contributed by atoms with Crippen LogP contribution in [0.2, 0.25) is 0 Å². The summed E-state index contributed by atoms with van der Waals surface area (Å²) in [6.07, 6.45) is 17.7. The summed E-state index contributed by atoms with van der Waals surface area (Å²) in [6.45, 7) is 19.2. The number of hydrogen-bond donors (Lipinski definition) is 0. The number of ether oxygens (including phenoxy) is 1. The number of fused-ring (bicyclic) bond motifs is 7. The molecule has 3 heterocycles. The van der Waals surface area contributed by atoms with Crippen LogP contribution in [0.4, 0.5) is 28.4 Å². The van der Waals surface area contributed by atoms with Gasteiger partial charge in [0.15, 0.2) is 11.5 Å². The zero-order chi connectivity index (χ0) is 42.0. The maximum absolute atomic E-state index is 6.31. The van der Waals surface area contributed by atoms with Crippen LogP contribution in [-0.4, -0.2) is 11.5 Å². The van der Waals surface area contributed by atoms with E-state index in [9.17, 15) is 0 Å². The maximum atomic E-state index is 6.31. The van der Waals surface area contributed by atoms with Crippen molar-refractivity contribution >= 4 is 44.5 Å². The Bertz CT molecular complexity index is 2470. The van der Waals surface area contributed by atoms with Crippen LogP contribution < -0.4 is 14.5 Å². The third kappa shape index (κ3) is 6.89. The first-order valence-corrected chi connectivity index (χ1v) is 24.0. The molecule has 1 fully saturated rings. The molecule has 60 heavy (non-hydrogen) atoms. The van der Waals surface area contributed by atoms with Crippen molar-refractivity contribution in [3.05, 3.63) is 192 Å². The SMILES string of the molecule is C=CC1=C(/C=C(\C)N2c3ccccc3Oc3ccccc32)C(C)(C)C2=CC(/C=C/c3ccc(N4c5ccccc5S5(CCCC5)c5ccccc54)cc3)CC=C21.CC.CC. The average molecular weight is 809 g/mol. The minimum absolute atomic E-state index is 0.185. The highest BCUT2D eigenvalue weighted by Crippen LogP contribution is 2.74. The number of benzene rings is 5. The predicted molar refractivity (Wildman–Crippen MR) is 260 cm³/mol. The zero-order valence-corrected chi connectivity index (χ0v) is 37.4. The van der Waals surface area contributed by atoms with Gasteiger partial charge in [0.1, 0.15) is 0 Å². The number of anilines is 5. The van der Waals surface area contributed by atoms with Crippen LogP contribution in [-0.2, 0) is 0 Å². The fourth-order valence-corrected chi connectivity index (χ4v) is 14.3.